The van der Waals surface area contributed by atoms with Crippen LogP contribution in [0, 0.1) is 11.3 Å². The molecule has 0 bridgehead atoms. The number of carbonyl (C=O) groups is 1. The van der Waals surface area contributed by atoms with Gasteiger partial charge in [-0.15, -0.1) is 36.2 Å². The molecule has 2 aliphatic rings. The van der Waals surface area contributed by atoms with Gasteiger partial charge in [0.1, 0.15) is 0 Å². The van der Waals surface area contributed by atoms with Gasteiger partial charge >= 0.3 is 0 Å². The molecular formula is C16H27Cl2N3OS. The van der Waals surface area contributed by atoms with Crippen LogP contribution in [0.2, 0.25) is 0 Å². The number of aromatic nitrogens is 1. The van der Waals surface area contributed by atoms with Crippen molar-refractivity contribution in [1.29, 1.82) is 0 Å². The third-order valence-corrected chi connectivity index (χ3v) is 6.10. The van der Waals surface area contributed by atoms with Crippen molar-refractivity contribution >= 4 is 42.1 Å². The Morgan fingerprint density at radius 3 is 3.04 bits per heavy atom. The number of carbonyl (C=O) groups excluding carboxylic acids is 1. The van der Waals surface area contributed by atoms with Gasteiger partial charge in [-0.25, -0.2) is 4.98 Å². The van der Waals surface area contributed by atoms with E-state index in [4.69, 9.17) is 0 Å². The van der Waals surface area contributed by atoms with Gasteiger partial charge in [0.2, 0.25) is 5.91 Å². The second-order valence-corrected chi connectivity index (χ2v) is 7.26. The minimum absolute atomic E-state index is 0. The molecule has 1 aromatic rings. The first kappa shape index (κ1) is 20.7. The van der Waals surface area contributed by atoms with Gasteiger partial charge in [0.15, 0.2) is 0 Å². The minimum atomic E-state index is -0.130. The van der Waals surface area contributed by atoms with Gasteiger partial charge in [-0.3, -0.25) is 4.79 Å². The van der Waals surface area contributed by atoms with E-state index in [1.807, 2.05) is 0 Å². The molecule has 0 unspecified atom stereocenters. The Bertz CT molecular complexity index is 511. The number of rotatable bonds is 5. The molecule has 132 valence electrons. The van der Waals surface area contributed by atoms with E-state index in [1.165, 1.54) is 24.3 Å². The lowest BCUT2D eigenvalue weighted by Gasteiger charge is -2.37. The van der Waals surface area contributed by atoms with Crippen LogP contribution < -0.4 is 10.6 Å². The highest BCUT2D eigenvalue weighted by atomic mass is 35.5. The van der Waals surface area contributed by atoms with Crippen molar-refractivity contribution in [2.24, 2.45) is 11.3 Å². The zero-order chi connectivity index (χ0) is 14.7. The van der Waals surface area contributed by atoms with Gasteiger partial charge in [0.25, 0.3) is 0 Å². The van der Waals surface area contributed by atoms with Crippen LogP contribution in [0.1, 0.15) is 43.3 Å². The lowest BCUT2D eigenvalue weighted by Crippen LogP contribution is -2.48. The zero-order valence-corrected chi connectivity index (χ0v) is 16.0. The van der Waals surface area contributed by atoms with E-state index in [9.17, 15) is 4.79 Å². The van der Waals surface area contributed by atoms with Crippen molar-refractivity contribution in [1.82, 2.24) is 15.6 Å². The highest BCUT2D eigenvalue weighted by Gasteiger charge is 2.49. The van der Waals surface area contributed by atoms with Crippen molar-refractivity contribution < 1.29 is 4.79 Å². The van der Waals surface area contributed by atoms with Crippen molar-refractivity contribution in [2.75, 3.05) is 19.6 Å². The number of halogens is 2. The molecule has 23 heavy (non-hydrogen) atoms. The average molecular weight is 380 g/mol. The Balaban J connectivity index is 0.00000132. The van der Waals surface area contributed by atoms with E-state index in [0.29, 0.717) is 12.5 Å². The highest BCUT2D eigenvalue weighted by Crippen LogP contribution is 2.43. The van der Waals surface area contributed by atoms with Gasteiger partial charge < -0.3 is 10.6 Å². The van der Waals surface area contributed by atoms with E-state index in [2.05, 4.69) is 27.9 Å². The normalized spacial score (nSPS) is 25.9. The van der Waals surface area contributed by atoms with Crippen LogP contribution >= 0.6 is 36.2 Å². The van der Waals surface area contributed by atoms with Gasteiger partial charge in [-0.05, 0) is 31.7 Å². The smallest absolute Gasteiger partial charge is 0.227 e. The molecule has 1 amide bonds. The quantitative estimate of drug-likeness (QED) is 0.826. The average Bonchev–Trinajstić information content (AvgIpc) is 3.14. The summed E-state index contributed by atoms with van der Waals surface area (Å²) in [6, 6.07) is 0. The van der Waals surface area contributed by atoms with Gasteiger partial charge in [-0.2, -0.15) is 0 Å². The summed E-state index contributed by atoms with van der Waals surface area (Å²) in [6.07, 6.45) is 6.56. The Kier molecular flexibility index (Phi) is 8.28. The molecule has 0 aromatic carbocycles. The highest BCUT2D eigenvalue weighted by molar-refractivity contribution is 7.09. The monoisotopic (exact) mass is 379 g/mol. The number of nitrogens with one attached hydrogen (secondary N) is 2. The number of amides is 1. The largest absolute Gasteiger partial charge is 0.355 e. The maximum absolute atomic E-state index is 12.7. The first-order valence-corrected chi connectivity index (χ1v) is 9.05. The first-order chi connectivity index (χ1) is 10.2. The zero-order valence-electron chi connectivity index (χ0n) is 13.6. The maximum atomic E-state index is 12.7. The Morgan fingerprint density at radius 2 is 2.30 bits per heavy atom. The fourth-order valence-corrected chi connectivity index (χ4v) is 4.58. The summed E-state index contributed by atoms with van der Waals surface area (Å²) in [7, 11) is 0. The number of nitrogens with zero attached hydrogens (tertiary/aromatic N) is 1. The summed E-state index contributed by atoms with van der Waals surface area (Å²) >= 11 is 1.72. The van der Waals surface area contributed by atoms with Crippen LogP contribution in [-0.4, -0.2) is 30.5 Å². The number of hydrogen-bond acceptors (Lipinski definition) is 4. The summed E-state index contributed by atoms with van der Waals surface area (Å²) in [4.78, 5) is 17.2. The molecule has 1 aromatic heterocycles. The molecule has 0 radical (unpaired) electrons. The molecule has 1 saturated heterocycles. The molecule has 1 aliphatic heterocycles. The lowest BCUT2D eigenvalue weighted by molar-refractivity contribution is -0.133. The number of fused-ring (bicyclic) bond motifs is 1. The lowest BCUT2D eigenvalue weighted by atomic mass is 9.67. The van der Waals surface area contributed by atoms with Crippen molar-refractivity contribution in [3.05, 3.63) is 16.1 Å². The number of thiazole rings is 1. The third-order valence-electron chi connectivity index (χ3n) is 5.06. The fraction of sp³-hybridized carbons (Fsp3) is 0.750. The van der Waals surface area contributed by atoms with E-state index < -0.39 is 0 Å². The van der Waals surface area contributed by atoms with Crippen LogP contribution in [0.3, 0.4) is 0 Å². The van der Waals surface area contributed by atoms with Gasteiger partial charge in [0, 0.05) is 24.9 Å². The van der Waals surface area contributed by atoms with Crippen LogP contribution in [0.5, 0.6) is 0 Å². The molecule has 2 fully saturated rings. The fourth-order valence-electron chi connectivity index (χ4n) is 3.80. The van der Waals surface area contributed by atoms with Crippen LogP contribution in [0.4, 0.5) is 0 Å². The second kappa shape index (κ2) is 9.21. The van der Waals surface area contributed by atoms with Crippen molar-refractivity contribution in [3.8, 4) is 0 Å². The Labute approximate surface area is 155 Å². The summed E-state index contributed by atoms with van der Waals surface area (Å²) in [5, 5.41) is 9.91. The standard InChI is InChI=1S/C16H25N3OS.2ClH/c1-2-14-19-13(10-21-14)6-8-18-15(20)16-7-4-3-5-12(16)9-17-11-16;;/h10,12,17H,2-9,11H2,1H3,(H,18,20);2*1H/t12-,16+;;/m0../s1. The van der Waals surface area contributed by atoms with Crippen molar-refractivity contribution in [3.63, 3.8) is 0 Å². The number of hydrogen-bond donors (Lipinski definition) is 2. The molecule has 1 saturated carbocycles. The second-order valence-electron chi connectivity index (χ2n) is 6.32. The molecule has 2 N–H and O–H groups in total. The summed E-state index contributed by atoms with van der Waals surface area (Å²) in [5.74, 6) is 0.806. The molecule has 2 atom stereocenters. The summed E-state index contributed by atoms with van der Waals surface area (Å²) < 4.78 is 0. The predicted octanol–water partition coefficient (Wildman–Crippen LogP) is 2.99. The SMILES string of the molecule is CCc1nc(CCNC(=O)[C@@]23CCCC[C@H]2CNC3)cs1.Cl.Cl. The molecular weight excluding hydrogens is 353 g/mol. The third kappa shape index (κ3) is 4.38. The molecule has 1 aliphatic carbocycles. The van der Waals surface area contributed by atoms with Gasteiger partial charge in [-0.1, -0.05) is 19.8 Å². The Hall–Kier alpha value is -0.360. The topological polar surface area (TPSA) is 54.0 Å². The number of aryl methyl sites for hydroxylation is 1. The van der Waals surface area contributed by atoms with E-state index >= 15 is 0 Å². The molecule has 7 heteroatoms. The van der Waals surface area contributed by atoms with Crippen LogP contribution in [-0.2, 0) is 17.6 Å². The Morgan fingerprint density at radius 1 is 1.48 bits per heavy atom. The predicted molar refractivity (Wildman–Crippen MR) is 100.0 cm³/mol. The summed E-state index contributed by atoms with van der Waals surface area (Å²) in [6.45, 7) is 4.71. The van der Waals surface area contributed by atoms with Crippen LogP contribution in [0.25, 0.3) is 0 Å². The molecule has 0 spiro atoms. The first-order valence-electron chi connectivity index (χ1n) is 8.17. The van der Waals surface area contributed by atoms with E-state index in [-0.39, 0.29) is 36.1 Å². The molecule has 2 heterocycles. The van der Waals surface area contributed by atoms with E-state index in [1.54, 1.807) is 11.3 Å². The van der Waals surface area contributed by atoms with Crippen molar-refractivity contribution in [2.45, 2.75) is 45.4 Å². The maximum Gasteiger partial charge on any atom is 0.227 e. The minimum Gasteiger partial charge on any atom is -0.355 e. The van der Waals surface area contributed by atoms with Gasteiger partial charge in [0.05, 0.1) is 16.1 Å². The van der Waals surface area contributed by atoms with Crippen LogP contribution in [0.15, 0.2) is 5.38 Å². The summed E-state index contributed by atoms with van der Waals surface area (Å²) in [5.41, 5.74) is 0.980. The molecule has 3 rings (SSSR count). The molecule has 4 nitrogen and oxygen atoms in total. The van der Waals surface area contributed by atoms with E-state index in [0.717, 1.165) is 38.0 Å².